The van der Waals surface area contributed by atoms with E-state index in [0.29, 0.717) is 5.92 Å². The Kier molecular flexibility index (Phi) is 7.20. The SMILES string of the molecule is NC(CC(=O)NCC(=O)N1CCC(Cc2ccccc2)CC1)c1ccccc1. The molecule has 1 fully saturated rings. The predicted molar refractivity (Wildman–Crippen MR) is 110 cm³/mol. The molecule has 1 atom stereocenters. The van der Waals surface area contributed by atoms with Crippen LogP contribution in [0.25, 0.3) is 0 Å². The molecule has 1 heterocycles. The lowest BCUT2D eigenvalue weighted by molar-refractivity contribution is -0.134. The fourth-order valence-corrected chi connectivity index (χ4v) is 3.71. The number of carbonyl (C=O) groups is 2. The zero-order valence-electron chi connectivity index (χ0n) is 16.2. The summed E-state index contributed by atoms with van der Waals surface area (Å²) in [6.07, 6.45) is 3.26. The van der Waals surface area contributed by atoms with Crippen LogP contribution in [0.3, 0.4) is 0 Å². The molecule has 2 amide bonds. The summed E-state index contributed by atoms with van der Waals surface area (Å²) < 4.78 is 0. The highest BCUT2D eigenvalue weighted by Gasteiger charge is 2.23. The van der Waals surface area contributed by atoms with Crippen LogP contribution in [0.5, 0.6) is 0 Å². The summed E-state index contributed by atoms with van der Waals surface area (Å²) in [5.41, 5.74) is 8.34. The van der Waals surface area contributed by atoms with Gasteiger partial charge in [-0.1, -0.05) is 60.7 Å². The number of benzene rings is 2. The third-order valence-corrected chi connectivity index (χ3v) is 5.40. The first-order valence-electron chi connectivity index (χ1n) is 10.0. The van der Waals surface area contributed by atoms with Crippen molar-refractivity contribution in [1.29, 1.82) is 0 Å². The Bertz CT molecular complexity index is 756. The molecule has 0 aliphatic carbocycles. The van der Waals surface area contributed by atoms with Crippen LogP contribution < -0.4 is 11.1 Å². The molecule has 28 heavy (non-hydrogen) atoms. The van der Waals surface area contributed by atoms with E-state index in [4.69, 9.17) is 5.73 Å². The fourth-order valence-electron chi connectivity index (χ4n) is 3.71. The summed E-state index contributed by atoms with van der Waals surface area (Å²) in [7, 11) is 0. The van der Waals surface area contributed by atoms with Gasteiger partial charge in [-0.05, 0) is 36.3 Å². The largest absolute Gasteiger partial charge is 0.347 e. The van der Waals surface area contributed by atoms with E-state index in [1.807, 2.05) is 41.3 Å². The Morgan fingerprint density at radius 3 is 2.25 bits per heavy atom. The van der Waals surface area contributed by atoms with Crippen molar-refractivity contribution in [3.05, 3.63) is 71.8 Å². The van der Waals surface area contributed by atoms with Crippen LogP contribution in [0.2, 0.25) is 0 Å². The Hall–Kier alpha value is -2.66. The van der Waals surface area contributed by atoms with Gasteiger partial charge in [-0.25, -0.2) is 0 Å². The van der Waals surface area contributed by atoms with Gasteiger partial charge in [-0.15, -0.1) is 0 Å². The maximum Gasteiger partial charge on any atom is 0.241 e. The van der Waals surface area contributed by atoms with E-state index in [0.717, 1.165) is 37.9 Å². The zero-order valence-corrected chi connectivity index (χ0v) is 16.2. The second-order valence-electron chi connectivity index (χ2n) is 7.51. The number of carbonyl (C=O) groups excluding carboxylic acids is 2. The van der Waals surface area contributed by atoms with Gasteiger partial charge in [0.1, 0.15) is 0 Å². The van der Waals surface area contributed by atoms with Crippen LogP contribution in [-0.4, -0.2) is 36.3 Å². The van der Waals surface area contributed by atoms with Crippen molar-refractivity contribution in [1.82, 2.24) is 10.2 Å². The summed E-state index contributed by atoms with van der Waals surface area (Å²) >= 11 is 0. The predicted octanol–water partition coefficient (Wildman–Crippen LogP) is 2.67. The quantitative estimate of drug-likeness (QED) is 0.777. The first-order valence-corrected chi connectivity index (χ1v) is 10.0. The Balaban J connectivity index is 1.37. The van der Waals surface area contributed by atoms with Crippen molar-refractivity contribution in [3.8, 4) is 0 Å². The smallest absolute Gasteiger partial charge is 0.241 e. The second kappa shape index (κ2) is 10.0. The summed E-state index contributed by atoms with van der Waals surface area (Å²) in [6.45, 7) is 1.56. The number of nitrogens with one attached hydrogen (secondary N) is 1. The lowest BCUT2D eigenvalue weighted by Crippen LogP contribution is -2.44. The first-order chi connectivity index (χ1) is 13.6. The molecule has 148 valence electrons. The molecular formula is C23H29N3O2. The van der Waals surface area contributed by atoms with Gasteiger partial charge in [0.25, 0.3) is 0 Å². The molecule has 1 aliphatic rings. The Morgan fingerprint density at radius 2 is 1.61 bits per heavy atom. The minimum Gasteiger partial charge on any atom is -0.347 e. The monoisotopic (exact) mass is 379 g/mol. The second-order valence-corrected chi connectivity index (χ2v) is 7.51. The van der Waals surface area contributed by atoms with Crippen molar-refractivity contribution in [2.45, 2.75) is 31.7 Å². The van der Waals surface area contributed by atoms with E-state index < -0.39 is 0 Å². The summed E-state index contributed by atoms with van der Waals surface area (Å²) in [4.78, 5) is 26.4. The van der Waals surface area contributed by atoms with Crippen LogP contribution >= 0.6 is 0 Å². The number of hydrogen-bond acceptors (Lipinski definition) is 3. The highest BCUT2D eigenvalue weighted by Crippen LogP contribution is 2.21. The Labute approximate surface area is 166 Å². The van der Waals surface area contributed by atoms with Crippen molar-refractivity contribution < 1.29 is 9.59 Å². The highest BCUT2D eigenvalue weighted by atomic mass is 16.2. The van der Waals surface area contributed by atoms with Gasteiger partial charge in [0.15, 0.2) is 0 Å². The highest BCUT2D eigenvalue weighted by molar-refractivity contribution is 5.85. The van der Waals surface area contributed by atoms with Crippen molar-refractivity contribution in [2.24, 2.45) is 11.7 Å². The number of hydrogen-bond donors (Lipinski definition) is 2. The minimum atomic E-state index is -0.356. The topological polar surface area (TPSA) is 75.4 Å². The van der Waals surface area contributed by atoms with Gasteiger partial charge in [0, 0.05) is 25.6 Å². The lowest BCUT2D eigenvalue weighted by atomic mass is 9.90. The van der Waals surface area contributed by atoms with Crippen LogP contribution in [-0.2, 0) is 16.0 Å². The maximum atomic E-state index is 12.4. The minimum absolute atomic E-state index is 0.0141. The molecule has 0 saturated carbocycles. The molecule has 3 N–H and O–H groups in total. The van der Waals surface area contributed by atoms with E-state index >= 15 is 0 Å². The van der Waals surface area contributed by atoms with Crippen LogP contribution in [0.1, 0.15) is 36.4 Å². The third kappa shape index (κ3) is 5.92. The molecule has 1 saturated heterocycles. The molecule has 0 spiro atoms. The van der Waals surface area contributed by atoms with Crippen LogP contribution in [0.15, 0.2) is 60.7 Å². The average molecular weight is 380 g/mol. The van der Waals surface area contributed by atoms with E-state index in [9.17, 15) is 9.59 Å². The molecule has 1 unspecified atom stereocenters. The maximum absolute atomic E-state index is 12.4. The summed E-state index contributed by atoms with van der Waals surface area (Å²) in [5, 5.41) is 2.72. The van der Waals surface area contributed by atoms with Crippen molar-refractivity contribution in [3.63, 3.8) is 0 Å². The molecule has 2 aromatic carbocycles. The number of nitrogens with two attached hydrogens (primary N) is 1. The number of piperidine rings is 1. The standard InChI is InChI=1S/C23H29N3O2/c24-21(20-9-5-2-6-10-20)16-22(27)25-17-23(28)26-13-11-19(12-14-26)15-18-7-3-1-4-8-18/h1-10,19,21H,11-17,24H2,(H,25,27). The van der Waals surface area contributed by atoms with E-state index in [2.05, 4.69) is 29.6 Å². The number of rotatable bonds is 7. The first kappa shape index (κ1) is 20.1. The van der Waals surface area contributed by atoms with Crippen LogP contribution in [0, 0.1) is 5.92 Å². The lowest BCUT2D eigenvalue weighted by Gasteiger charge is -2.32. The average Bonchev–Trinajstić information content (AvgIpc) is 2.74. The number of nitrogens with zero attached hydrogens (tertiary/aromatic N) is 1. The third-order valence-electron chi connectivity index (χ3n) is 5.40. The van der Waals surface area contributed by atoms with Gasteiger partial charge in [-0.3, -0.25) is 9.59 Å². The molecule has 5 heteroatoms. The molecule has 0 aromatic heterocycles. The van der Waals surface area contributed by atoms with Gasteiger partial charge < -0.3 is 16.0 Å². The summed E-state index contributed by atoms with van der Waals surface area (Å²) in [5.74, 6) is 0.411. The van der Waals surface area contributed by atoms with E-state index in [1.54, 1.807) is 0 Å². The van der Waals surface area contributed by atoms with E-state index in [1.165, 1.54) is 5.56 Å². The molecule has 0 bridgehead atoms. The van der Waals surface area contributed by atoms with Crippen molar-refractivity contribution in [2.75, 3.05) is 19.6 Å². The number of amides is 2. The van der Waals surface area contributed by atoms with Crippen LogP contribution in [0.4, 0.5) is 0 Å². The van der Waals surface area contributed by atoms with Crippen molar-refractivity contribution >= 4 is 11.8 Å². The van der Waals surface area contributed by atoms with Gasteiger partial charge in [0.2, 0.25) is 11.8 Å². The van der Waals surface area contributed by atoms with Gasteiger partial charge in [-0.2, -0.15) is 0 Å². The van der Waals surface area contributed by atoms with Gasteiger partial charge >= 0.3 is 0 Å². The molecule has 2 aromatic rings. The normalized spacial score (nSPS) is 15.8. The number of likely N-dealkylation sites (tertiary alicyclic amines) is 1. The molecule has 0 radical (unpaired) electrons. The Morgan fingerprint density at radius 1 is 1.00 bits per heavy atom. The fraction of sp³-hybridized carbons (Fsp3) is 0.391. The summed E-state index contributed by atoms with van der Waals surface area (Å²) in [6, 6.07) is 19.7. The molecule has 5 nitrogen and oxygen atoms in total. The van der Waals surface area contributed by atoms with Gasteiger partial charge in [0.05, 0.1) is 6.54 Å². The molecular weight excluding hydrogens is 350 g/mol. The molecule has 3 rings (SSSR count). The van der Waals surface area contributed by atoms with E-state index in [-0.39, 0.29) is 30.8 Å². The zero-order chi connectivity index (χ0) is 19.8. The molecule has 1 aliphatic heterocycles.